The number of imidazole rings is 1. The van der Waals surface area contributed by atoms with Gasteiger partial charge in [-0.1, -0.05) is 30.3 Å². The van der Waals surface area contributed by atoms with Crippen molar-refractivity contribution in [3.05, 3.63) is 46.5 Å². The number of rotatable bonds is 2. The van der Waals surface area contributed by atoms with E-state index in [1.54, 1.807) is 4.57 Å². The largest absolute Gasteiger partial charge is 0.326 e. The Kier molecular flexibility index (Phi) is 2.46. The van der Waals surface area contributed by atoms with Crippen molar-refractivity contribution in [2.24, 2.45) is 0 Å². The van der Waals surface area contributed by atoms with Gasteiger partial charge >= 0.3 is 5.69 Å². The number of hydrogen-bond acceptors (Lipinski definition) is 1. The summed E-state index contributed by atoms with van der Waals surface area (Å²) in [6.45, 7) is 4.63. The van der Waals surface area contributed by atoms with Crippen molar-refractivity contribution in [1.29, 1.82) is 0 Å². The minimum Gasteiger partial charge on any atom is -0.305 e. The zero-order valence-corrected chi connectivity index (χ0v) is 8.95. The Bertz CT molecular complexity index is 508. The molecule has 0 fully saturated rings. The lowest BCUT2D eigenvalue weighted by Gasteiger charge is -2.01. The van der Waals surface area contributed by atoms with Gasteiger partial charge in [0.1, 0.15) is 0 Å². The predicted octanol–water partition coefficient (Wildman–Crippen LogP) is 2.17. The Hall–Kier alpha value is -1.77. The van der Waals surface area contributed by atoms with Gasteiger partial charge in [0.25, 0.3) is 0 Å². The standard InChI is InChI=1S/C12H14N2O/c1-3-14-9(2)11(13-12(14)15)10-7-5-4-6-8-10/h4-8H,3H2,1-2H3,(H,13,15). The third kappa shape index (κ3) is 1.61. The van der Waals surface area contributed by atoms with Crippen LogP contribution in [-0.4, -0.2) is 9.55 Å². The molecule has 0 unspecified atom stereocenters. The summed E-state index contributed by atoms with van der Waals surface area (Å²) in [6, 6.07) is 9.90. The van der Waals surface area contributed by atoms with Crippen molar-refractivity contribution in [2.45, 2.75) is 20.4 Å². The number of benzene rings is 1. The fourth-order valence-corrected chi connectivity index (χ4v) is 1.82. The van der Waals surface area contributed by atoms with Gasteiger partial charge < -0.3 is 4.98 Å². The first kappa shape index (κ1) is 9.77. The molecule has 0 atom stereocenters. The van der Waals surface area contributed by atoms with Gasteiger partial charge in [0, 0.05) is 12.2 Å². The molecule has 2 aromatic rings. The first-order valence-electron chi connectivity index (χ1n) is 5.09. The van der Waals surface area contributed by atoms with E-state index in [0.717, 1.165) is 17.0 Å². The Morgan fingerprint density at radius 1 is 1.27 bits per heavy atom. The Labute approximate surface area is 88.4 Å². The Morgan fingerprint density at radius 3 is 2.47 bits per heavy atom. The molecule has 0 spiro atoms. The molecule has 2 rings (SSSR count). The van der Waals surface area contributed by atoms with Crippen LogP contribution < -0.4 is 5.69 Å². The number of aromatic amines is 1. The average molecular weight is 202 g/mol. The molecule has 0 amide bonds. The minimum atomic E-state index is -0.0335. The van der Waals surface area contributed by atoms with Gasteiger partial charge in [0.15, 0.2) is 0 Å². The maximum atomic E-state index is 11.6. The van der Waals surface area contributed by atoms with E-state index in [2.05, 4.69) is 4.98 Å². The average Bonchev–Trinajstić information content (AvgIpc) is 2.55. The molecule has 0 radical (unpaired) electrons. The first-order chi connectivity index (χ1) is 7.24. The molecule has 0 aliphatic carbocycles. The van der Waals surface area contributed by atoms with Crippen LogP contribution in [0.3, 0.4) is 0 Å². The summed E-state index contributed by atoms with van der Waals surface area (Å²) in [5, 5.41) is 0. The lowest BCUT2D eigenvalue weighted by atomic mass is 10.1. The first-order valence-corrected chi connectivity index (χ1v) is 5.09. The molecule has 78 valence electrons. The fraction of sp³-hybridized carbons (Fsp3) is 0.250. The van der Waals surface area contributed by atoms with Crippen LogP contribution in [0.2, 0.25) is 0 Å². The highest BCUT2D eigenvalue weighted by Gasteiger charge is 2.09. The molecule has 0 bridgehead atoms. The van der Waals surface area contributed by atoms with E-state index in [-0.39, 0.29) is 5.69 Å². The summed E-state index contributed by atoms with van der Waals surface area (Å²) in [5.41, 5.74) is 2.93. The monoisotopic (exact) mass is 202 g/mol. The lowest BCUT2D eigenvalue weighted by molar-refractivity contribution is 0.708. The molecule has 1 N–H and O–H groups in total. The molecular weight excluding hydrogens is 188 g/mol. The number of nitrogens with one attached hydrogen (secondary N) is 1. The van der Waals surface area contributed by atoms with Crippen LogP contribution in [0.5, 0.6) is 0 Å². The molecule has 1 aromatic carbocycles. The quantitative estimate of drug-likeness (QED) is 0.796. The number of nitrogens with zero attached hydrogens (tertiary/aromatic N) is 1. The molecular formula is C12H14N2O. The van der Waals surface area contributed by atoms with E-state index in [4.69, 9.17) is 0 Å². The summed E-state index contributed by atoms with van der Waals surface area (Å²) < 4.78 is 1.74. The number of hydrogen-bond donors (Lipinski definition) is 1. The predicted molar refractivity (Wildman–Crippen MR) is 60.9 cm³/mol. The van der Waals surface area contributed by atoms with Crippen molar-refractivity contribution in [3.8, 4) is 11.3 Å². The Morgan fingerprint density at radius 2 is 1.93 bits per heavy atom. The minimum absolute atomic E-state index is 0.0335. The van der Waals surface area contributed by atoms with E-state index in [0.29, 0.717) is 6.54 Å². The van der Waals surface area contributed by atoms with Crippen molar-refractivity contribution in [1.82, 2.24) is 9.55 Å². The van der Waals surface area contributed by atoms with Gasteiger partial charge in [-0.3, -0.25) is 4.57 Å². The number of H-pyrrole nitrogens is 1. The highest BCUT2D eigenvalue weighted by atomic mass is 16.1. The second kappa shape index (κ2) is 3.77. The number of aromatic nitrogens is 2. The second-order valence-electron chi connectivity index (χ2n) is 3.50. The molecule has 3 heteroatoms. The smallest absolute Gasteiger partial charge is 0.305 e. The molecule has 0 saturated heterocycles. The summed E-state index contributed by atoms with van der Waals surface area (Å²) >= 11 is 0. The third-order valence-electron chi connectivity index (χ3n) is 2.62. The molecule has 0 saturated carbocycles. The van der Waals surface area contributed by atoms with Crippen LogP contribution in [0.25, 0.3) is 11.3 Å². The SMILES string of the molecule is CCn1c(C)c(-c2ccccc2)[nH]c1=O. The van der Waals surface area contributed by atoms with E-state index in [1.165, 1.54) is 0 Å². The van der Waals surface area contributed by atoms with Crippen LogP contribution in [0, 0.1) is 6.92 Å². The van der Waals surface area contributed by atoms with Gasteiger partial charge in [-0.2, -0.15) is 0 Å². The molecule has 0 aliphatic rings. The zero-order chi connectivity index (χ0) is 10.8. The molecule has 1 aromatic heterocycles. The van der Waals surface area contributed by atoms with Crippen molar-refractivity contribution in [3.63, 3.8) is 0 Å². The van der Waals surface area contributed by atoms with Crippen LogP contribution in [0.1, 0.15) is 12.6 Å². The lowest BCUT2D eigenvalue weighted by Crippen LogP contribution is -2.16. The molecule has 1 heterocycles. The van der Waals surface area contributed by atoms with Crippen LogP contribution in [-0.2, 0) is 6.54 Å². The second-order valence-corrected chi connectivity index (χ2v) is 3.50. The van der Waals surface area contributed by atoms with Crippen molar-refractivity contribution >= 4 is 0 Å². The van der Waals surface area contributed by atoms with E-state index >= 15 is 0 Å². The van der Waals surface area contributed by atoms with Gasteiger partial charge in [-0.15, -0.1) is 0 Å². The maximum absolute atomic E-state index is 11.6. The Balaban J connectivity index is 2.60. The zero-order valence-electron chi connectivity index (χ0n) is 8.95. The summed E-state index contributed by atoms with van der Waals surface area (Å²) in [4.78, 5) is 14.5. The van der Waals surface area contributed by atoms with Gasteiger partial charge in [-0.05, 0) is 19.4 Å². The molecule has 0 aliphatic heterocycles. The summed E-state index contributed by atoms with van der Waals surface area (Å²) in [5.74, 6) is 0. The van der Waals surface area contributed by atoms with Gasteiger partial charge in [-0.25, -0.2) is 4.79 Å². The highest BCUT2D eigenvalue weighted by Crippen LogP contribution is 2.18. The summed E-state index contributed by atoms with van der Waals surface area (Å²) in [7, 11) is 0. The van der Waals surface area contributed by atoms with Crippen LogP contribution in [0.4, 0.5) is 0 Å². The van der Waals surface area contributed by atoms with E-state index in [9.17, 15) is 4.79 Å². The maximum Gasteiger partial charge on any atom is 0.326 e. The van der Waals surface area contributed by atoms with Crippen molar-refractivity contribution < 1.29 is 0 Å². The van der Waals surface area contributed by atoms with Gasteiger partial charge in [0.05, 0.1) is 5.69 Å². The van der Waals surface area contributed by atoms with Crippen molar-refractivity contribution in [2.75, 3.05) is 0 Å². The fourth-order valence-electron chi connectivity index (χ4n) is 1.82. The van der Waals surface area contributed by atoms with E-state index < -0.39 is 0 Å². The van der Waals surface area contributed by atoms with Crippen LogP contribution in [0.15, 0.2) is 35.1 Å². The highest BCUT2D eigenvalue weighted by molar-refractivity contribution is 5.61. The normalized spacial score (nSPS) is 10.5. The molecule has 15 heavy (non-hydrogen) atoms. The van der Waals surface area contributed by atoms with Crippen LogP contribution >= 0.6 is 0 Å². The summed E-state index contributed by atoms with van der Waals surface area (Å²) in [6.07, 6.45) is 0. The molecule has 3 nitrogen and oxygen atoms in total. The topological polar surface area (TPSA) is 37.8 Å². The third-order valence-corrected chi connectivity index (χ3v) is 2.62. The van der Waals surface area contributed by atoms with Gasteiger partial charge in [0.2, 0.25) is 0 Å². The van der Waals surface area contributed by atoms with E-state index in [1.807, 2.05) is 44.2 Å².